The number of fused-ring (bicyclic) bond motifs is 1. The highest BCUT2D eigenvalue weighted by Gasteiger charge is 2.52. The average molecular weight is 472 g/mol. The third-order valence-corrected chi connectivity index (χ3v) is 7.48. The molecule has 2 atom stereocenters. The van der Waals surface area contributed by atoms with Gasteiger partial charge in [-0.05, 0) is 29.2 Å². The van der Waals surface area contributed by atoms with Gasteiger partial charge in [0.25, 0.3) is 0 Å². The lowest BCUT2D eigenvalue weighted by atomic mass is 10.00. The molecule has 1 aromatic heterocycles. The summed E-state index contributed by atoms with van der Waals surface area (Å²) in [6, 6.07) is 22.5. The standard InChI is InChI=1S/C27H25N3O3S/c1-2-17-13-14-21(29-15-17)20-16-34-26-22(28)25(31)30(26)23(20)27(32)33-24(18-9-5-3-6-10-18)19-11-7-4-8-12-19/h3-15,22,24,26H,2,16,28H2,1H3/t22-,26-/m1/s1. The fraction of sp³-hybridized carbons (Fsp3) is 0.222. The first-order chi connectivity index (χ1) is 16.6. The second kappa shape index (κ2) is 9.44. The van der Waals surface area contributed by atoms with E-state index in [-0.39, 0.29) is 17.0 Å². The molecule has 0 radical (unpaired) electrons. The molecule has 6 nitrogen and oxygen atoms in total. The van der Waals surface area contributed by atoms with E-state index in [2.05, 4.69) is 11.9 Å². The van der Waals surface area contributed by atoms with Crippen molar-refractivity contribution in [3.63, 3.8) is 0 Å². The van der Waals surface area contributed by atoms with Crippen molar-refractivity contribution >= 4 is 29.2 Å². The van der Waals surface area contributed by atoms with E-state index in [1.165, 1.54) is 4.90 Å². The summed E-state index contributed by atoms with van der Waals surface area (Å²) in [5.41, 5.74) is 10.4. The van der Waals surface area contributed by atoms with E-state index in [4.69, 9.17) is 10.5 Å². The topological polar surface area (TPSA) is 85.5 Å². The number of ether oxygens (including phenoxy) is 1. The first-order valence-corrected chi connectivity index (χ1v) is 12.3. The van der Waals surface area contributed by atoms with E-state index in [0.29, 0.717) is 17.0 Å². The molecule has 5 rings (SSSR count). The van der Waals surface area contributed by atoms with Crippen molar-refractivity contribution in [1.29, 1.82) is 0 Å². The molecule has 172 valence electrons. The summed E-state index contributed by atoms with van der Waals surface area (Å²) in [6.07, 6.45) is 2.06. The Morgan fingerprint density at radius 3 is 2.29 bits per heavy atom. The van der Waals surface area contributed by atoms with E-state index < -0.39 is 18.1 Å². The number of pyridine rings is 1. The van der Waals surface area contributed by atoms with E-state index in [0.717, 1.165) is 23.1 Å². The van der Waals surface area contributed by atoms with E-state index in [1.54, 1.807) is 11.8 Å². The van der Waals surface area contributed by atoms with Gasteiger partial charge in [0.1, 0.15) is 17.1 Å². The number of aromatic nitrogens is 1. The predicted molar refractivity (Wildman–Crippen MR) is 132 cm³/mol. The Labute approximate surface area is 202 Å². The molecule has 1 fully saturated rings. The number of rotatable bonds is 6. The van der Waals surface area contributed by atoms with Crippen LogP contribution in [0.3, 0.4) is 0 Å². The van der Waals surface area contributed by atoms with Crippen LogP contribution in [0.5, 0.6) is 0 Å². The predicted octanol–water partition coefficient (Wildman–Crippen LogP) is 3.93. The highest BCUT2D eigenvalue weighted by Crippen LogP contribution is 2.43. The SMILES string of the molecule is CCc1ccc(C2=C(C(=O)OC(c3ccccc3)c3ccccc3)N3C(=O)[C@@H](N)[C@H]3SC2)nc1. The quantitative estimate of drug-likeness (QED) is 0.433. The monoisotopic (exact) mass is 471 g/mol. The molecule has 3 aromatic rings. The zero-order valence-corrected chi connectivity index (χ0v) is 19.6. The zero-order valence-electron chi connectivity index (χ0n) is 18.8. The average Bonchev–Trinajstić information content (AvgIpc) is 2.91. The third kappa shape index (κ3) is 4.02. The minimum Gasteiger partial charge on any atom is -0.448 e. The number of hydrogen-bond donors (Lipinski definition) is 1. The Hall–Kier alpha value is -3.42. The fourth-order valence-corrected chi connectivity index (χ4v) is 5.56. The fourth-order valence-electron chi connectivity index (χ4n) is 4.26. The van der Waals surface area contributed by atoms with Crippen molar-refractivity contribution in [1.82, 2.24) is 9.88 Å². The lowest BCUT2D eigenvalue weighted by Gasteiger charge is -2.48. The maximum atomic E-state index is 13.8. The lowest BCUT2D eigenvalue weighted by Crippen LogP contribution is -2.68. The van der Waals surface area contributed by atoms with Crippen LogP contribution >= 0.6 is 11.8 Å². The third-order valence-electron chi connectivity index (χ3n) is 6.17. The van der Waals surface area contributed by atoms with Crippen LogP contribution in [-0.2, 0) is 20.7 Å². The molecule has 0 saturated carbocycles. The second-order valence-corrected chi connectivity index (χ2v) is 9.38. The summed E-state index contributed by atoms with van der Waals surface area (Å²) in [6.45, 7) is 2.06. The molecule has 2 aliphatic rings. The van der Waals surface area contributed by atoms with Crippen LogP contribution in [0.15, 0.2) is 84.7 Å². The smallest absolute Gasteiger partial charge is 0.356 e. The molecule has 0 aliphatic carbocycles. The van der Waals surface area contributed by atoms with Crippen LogP contribution in [0.2, 0.25) is 0 Å². The summed E-state index contributed by atoms with van der Waals surface area (Å²) >= 11 is 1.54. The molecule has 2 aliphatic heterocycles. The molecule has 34 heavy (non-hydrogen) atoms. The number of nitrogens with two attached hydrogens (primary N) is 1. The summed E-state index contributed by atoms with van der Waals surface area (Å²) < 4.78 is 6.13. The number of aryl methyl sites for hydroxylation is 1. The summed E-state index contributed by atoms with van der Waals surface area (Å²) in [7, 11) is 0. The van der Waals surface area contributed by atoms with Crippen molar-refractivity contribution in [3.05, 3.63) is 107 Å². The van der Waals surface area contributed by atoms with Crippen molar-refractivity contribution < 1.29 is 14.3 Å². The van der Waals surface area contributed by atoms with Gasteiger partial charge in [0.2, 0.25) is 5.91 Å². The molecular formula is C27H25N3O3S. The number of hydrogen-bond acceptors (Lipinski definition) is 6. The molecule has 1 amide bonds. The van der Waals surface area contributed by atoms with Crippen LogP contribution in [0, 0.1) is 0 Å². The number of thioether (sulfide) groups is 1. The molecule has 1 saturated heterocycles. The lowest BCUT2D eigenvalue weighted by molar-refractivity contribution is -0.152. The molecule has 0 spiro atoms. The first kappa shape index (κ1) is 22.4. The van der Waals surface area contributed by atoms with Gasteiger partial charge in [-0.1, -0.05) is 73.7 Å². The maximum absolute atomic E-state index is 13.8. The summed E-state index contributed by atoms with van der Waals surface area (Å²) in [5.74, 6) is -0.311. The number of carbonyl (C=O) groups excluding carboxylic acids is 2. The minimum absolute atomic E-state index is 0.240. The van der Waals surface area contributed by atoms with Gasteiger partial charge >= 0.3 is 5.97 Å². The summed E-state index contributed by atoms with van der Waals surface area (Å²) in [5, 5.41) is -0.277. The van der Waals surface area contributed by atoms with Gasteiger partial charge in [-0.3, -0.25) is 14.7 Å². The van der Waals surface area contributed by atoms with E-state index in [9.17, 15) is 9.59 Å². The van der Waals surface area contributed by atoms with Crippen molar-refractivity contribution in [3.8, 4) is 0 Å². The number of amides is 1. The van der Waals surface area contributed by atoms with Crippen molar-refractivity contribution in [2.75, 3.05) is 5.75 Å². The highest BCUT2D eigenvalue weighted by molar-refractivity contribution is 8.00. The van der Waals surface area contributed by atoms with Crippen molar-refractivity contribution in [2.24, 2.45) is 5.73 Å². The van der Waals surface area contributed by atoms with E-state index in [1.807, 2.05) is 79.0 Å². The largest absolute Gasteiger partial charge is 0.448 e. The van der Waals surface area contributed by atoms with Gasteiger partial charge in [0.05, 0.1) is 5.69 Å². The van der Waals surface area contributed by atoms with Crippen LogP contribution in [0.4, 0.5) is 0 Å². The van der Waals surface area contributed by atoms with Gasteiger partial charge < -0.3 is 10.5 Å². The molecule has 2 aromatic carbocycles. The van der Waals surface area contributed by atoms with Gasteiger partial charge in [0, 0.05) is 17.5 Å². The van der Waals surface area contributed by atoms with Gasteiger partial charge in [-0.25, -0.2) is 4.79 Å². The number of β-lactam (4-membered cyclic amide) rings is 1. The zero-order chi connectivity index (χ0) is 23.7. The van der Waals surface area contributed by atoms with Crippen LogP contribution < -0.4 is 5.73 Å². The Kier molecular flexibility index (Phi) is 6.22. The molecule has 2 N–H and O–H groups in total. The normalized spacial score (nSPS) is 19.6. The van der Waals surface area contributed by atoms with Gasteiger partial charge in [-0.2, -0.15) is 0 Å². The summed E-state index contributed by atoms with van der Waals surface area (Å²) in [4.78, 5) is 32.6. The minimum atomic E-state index is -0.621. The Morgan fingerprint density at radius 1 is 1.09 bits per heavy atom. The molecule has 0 bridgehead atoms. The maximum Gasteiger partial charge on any atom is 0.356 e. The van der Waals surface area contributed by atoms with Gasteiger partial charge in [0.15, 0.2) is 6.10 Å². The van der Waals surface area contributed by atoms with Gasteiger partial charge in [-0.15, -0.1) is 11.8 Å². The Balaban J connectivity index is 1.56. The van der Waals surface area contributed by atoms with E-state index >= 15 is 0 Å². The Bertz CT molecular complexity index is 1190. The van der Waals surface area contributed by atoms with Crippen LogP contribution in [0.1, 0.15) is 35.4 Å². The Morgan fingerprint density at radius 2 is 1.74 bits per heavy atom. The van der Waals surface area contributed by atoms with Crippen LogP contribution in [0.25, 0.3) is 5.57 Å². The molecule has 0 unspecified atom stereocenters. The number of esters is 1. The number of nitrogens with zero attached hydrogens (tertiary/aromatic N) is 2. The van der Waals surface area contributed by atoms with Crippen LogP contribution in [-0.4, -0.2) is 38.9 Å². The number of carbonyl (C=O) groups is 2. The molecular weight excluding hydrogens is 446 g/mol. The van der Waals surface area contributed by atoms with Crippen molar-refractivity contribution in [2.45, 2.75) is 30.9 Å². The second-order valence-electron chi connectivity index (χ2n) is 8.27. The first-order valence-electron chi connectivity index (χ1n) is 11.3. The molecule has 3 heterocycles. The number of benzene rings is 2. The molecule has 7 heteroatoms. The highest BCUT2D eigenvalue weighted by atomic mass is 32.2.